The third kappa shape index (κ3) is 8.50. The van der Waals surface area contributed by atoms with Crippen LogP contribution in [0.4, 0.5) is 10.6 Å². The topological polar surface area (TPSA) is 198 Å². The summed E-state index contributed by atoms with van der Waals surface area (Å²) in [5.41, 5.74) is 2.89. The Morgan fingerprint density at radius 2 is 1.60 bits per heavy atom. The lowest BCUT2D eigenvalue weighted by molar-refractivity contribution is -0.322. The van der Waals surface area contributed by atoms with E-state index >= 15 is 0 Å². The van der Waals surface area contributed by atoms with E-state index in [-0.39, 0.29) is 35.6 Å². The second-order valence-electron chi connectivity index (χ2n) is 9.54. The second-order valence-corrected chi connectivity index (χ2v) is 10.5. The number of thioether (sulfide) groups is 1. The molecule has 0 spiro atoms. The molecule has 0 aliphatic carbocycles. The maximum absolute atomic E-state index is 12.8. The summed E-state index contributed by atoms with van der Waals surface area (Å²) in [4.78, 5) is 35.4. The van der Waals surface area contributed by atoms with Crippen LogP contribution in [0.25, 0.3) is 11.6 Å². The summed E-state index contributed by atoms with van der Waals surface area (Å²) in [7, 11) is 1.43. The van der Waals surface area contributed by atoms with E-state index in [9.17, 15) is 25.2 Å². The number of benzene rings is 2. The number of hydrogen-bond acceptors (Lipinski definition) is 15. The average Bonchev–Trinajstić information content (AvgIpc) is 3.00. The van der Waals surface area contributed by atoms with Gasteiger partial charge in [0, 0.05) is 22.7 Å². The predicted molar refractivity (Wildman–Crippen MR) is 154 cm³/mol. The molecule has 0 saturated heterocycles. The Kier molecular flexibility index (Phi) is 9.95. The van der Waals surface area contributed by atoms with E-state index in [4.69, 9.17) is 19.0 Å². The molecule has 0 amide bonds. The largest absolute Gasteiger partial charge is 0.493 e. The highest BCUT2D eigenvalue weighted by Crippen LogP contribution is 2.41. The third-order valence-corrected chi connectivity index (χ3v) is 6.51. The molecule has 14 nitrogen and oxygen atoms in total. The number of hydrogen-bond donors (Lipinski definition) is 5. The summed E-state index contributed by atoms with van der Waals surface area (Å²) in [6.07, 6.45) is 2.89. The molecule has 15 heteroatoms. The lowest BCUT2D eigenvalue weighted by atomic mass is 9.86. The van der Waals surface area contributed by atoms with Crippen LogP contribution in [0.2, 0.25) is 0 Å². The zero-order chi connectivity index (χ0) is 31.0. The Morgan fingerprint density at radius 3 is 2.23 bits per heavy atom. The normalized spacial score (nSPS) is 11.5. The molecule has 0 aliphatic heterocycles. The van der Waals surface area contributed by atoms with Gasteiger partial charge in [-0.3, -0.25) is 0 Å². The number of nitrogens with one attached hydrogen (secondary N) is 1. The van der Waals surface area contributed by atoms with Gasteiger partial charge in [-0.1, -0.05) is 38.1 Å². The van der Waals surface area contributed by atoms with Crippen LogP contribution in [0.3, 0.4) is 0 Å². The van der Waals surface area contributed by atoms with Gasteiger partial charge in [0.15, 0.2) is 23.9 Å². The quantitative estimate of drug-likeness (QED) is 0.0887. The van der Waals surface area contributed by atoms with Crippen LogP contribution in [-0.2, 0) is 10.3 Å². The van der Waals surface area contributed by atoms with Crippen molar-refractivity contribution in [2.24, 2.45) is 0 Å². The molecule has 2 heterocycles. The third-order valence-electron chi connectivity index (χ3n) is 5.75. The van der Waals surface area contributed by atoms with Gasteiger partial charge in [0.1, 0.15) is 0 Å². The number of methoxy groups -OCH3 is 1. The molecule has 4 aromatic rings. The second kappa shape index (κ2) is 13.6. The van der Waals surface area contributed by atoms with Crippen molar-refractivity contribution in [1.29, 1.82) is 0 Å². The summed E-state index contributed by atoms with van der Waals surface area (Å²) in [6.45, 7) is 2.71. The van der Waals surface area contributed by atoms with Crippen LogP contribution in [-0.4, -0.2) is 72.0 Å². The Morgan fingerprint density at radius 1 is 0.930 bits per heavy atom. The average molecular weight is 612 g/mol. The maximum atomic E-state index is 12.8. The number of rotatable bonds is 12. The first-order valence-corrected chi connectivity index (χ1v) is 13.5. The zero-order valence-corrected chi connectivity index (χ0v) is 24.1. The summed E-state index contributed by atoms with van der Waals surface area (Å²) in [5, 5.41) is 37.2. The minimum atomic E-state index is -3.21. The fourth-order valence-electron chi connectivity index (χ4n) is 3.45. The molecule has 0 atom stereocenters. The Balaban J connectivity index is 1.67. The fraction of sp³-hybridized carbons (Fsp3) is 0.250. The lowest BCUT2D eigenvalue weighted by Crippen LogP contribution is -2.35. The van der Waals surface area contributed by atoms with E-state index in [2.05, 4.69) is 25.4 Å². The summed E-state index contributed by atoms with van der Waals surface area (Å²) in [6, 6.07) is 15.2. The van der Waals surface area contributed by atoms with Crippen molar-refractivity contribution in [2.45, 2.75) is 30.1 Å². The van der Waals surface area contributed by atoms with Gasteiger partial charge in [0.2, 0.25) is 17.4 Å². The molecule has 2 aromatic carbocycles. The maximum Gasteiger partial charge on any atom is 0.396 e. The van der Waals surface area contributed by atoms with Gasteiger partial charge in [-0.2, -0.15) is 10.5 Å². The molecular formula is C28H29N5O9S. The van der Waals surface area contributed by atoms with Crippen LogP contribution in [0.1, 0.15) is 19.4 Å². The molecule has 0 radical (unpaired) electrons. The van der Waals surface area contributed by atoms with E-state index in [0.29, 0.717) is 10.6 Å². The van der Waals surface area contributed by atoms with E-state index in [0.717, 1.165) is 17.3 Å². The molecule has 4 rings (SSSR count). The number of aliphatic hydroxyl groups excluding tert-OH is 1. The van der Waals surface area contributed by atoms with Crippen LogP contribution >= 0.6 is 11.8 Å². The summed E-state index contributed by atoms with van der Waals surface area (Å²) in [5.74, 6) is -3.66. The first kappa shape index (κ1) is 31.4. The van der Waals surface area contributed by atoms with Crippen LogP contribution < -0.4 is 19.7 Å². The van der Waals surface area contributed by atoms with Crippen molar-refractivity contribution in [2.75, 3.05) is 25.8 Å². The van der Waals surface area contributed by atoms with Crippen LogP contribution in [0.5, 0.6) is 23.1 Å². The fourth-order valence-corrected chi connectivity index (χ4v) is 4.00. The van der Waals surface area contributed by atoms with Crippen molar-refractivity contribution >= 4 is 22.9 Å². The molecule has 2 aromatic heterocycles. The number of nitrogens with zero attached hydrogens (tertiary/aromatic N) is 4. The molecular weight excluding hydrogens is 582 g/mol. The van der Waals surface area contributed by atoms with Gasteiger partial charge in [0.25, 0.3) is 5.88 Å². The molecule has 0 bridgehead atoms. The highest BCUT2D eigenvalue weighted by molar-refractivity contribution is 8.13. The van der Waals surface area contributed by atoms with Crippen LogP contribution in [0, 0.1) is 0 Å². The highest BCUT2D eigenvalue weighted by atomic mass is 32.2. The molecule has 0 aliphatic rings. The van der Waals surface area contributed by atoms with Gasteiger partial charge >= 0.3 is 11.3 Å². The molecule has 43 heavy (non-hydrogen) atoms. The van der Waals surface area contributed by atoms with E-state index < -0.39 is 29.2 Å². The van der Waals surface area contributed by atoms with Gasteiger partial charge in [-0.25, -0.2) is 19.7 Å². The number of aliphatic hydroxyl groups is 4. The number of aromatic nitrogens is 4. The number of ether oxygens (including phenoxy) is 3. The van der Waals surface area contributed by atoms with Gasteiger partial charge in [-0.15, -0.1) is 0 Å². The summed E-state index contributed by atoms with van der Waals surface area (Å²) < 4.78 is 16.7. The highest BCUT2D eigenvalue weighted by Gasteiger charge is 2.27. The first-order valence-electron chi connectivity index (χ1n) is 12.7. The van der Waals surface area contributed by atoms with E-state index in [1.807, 2.05) is 26.0 Å². The first-order chi connectivity index (χ1) is 20.5. The number of carbonyl (C=O) groups is 1. The monoisotopic (exact) mass is 611 g/mol. The van der Waals surface area contributed by atoms with Crippen molar-refractivity contribution in [1.82, 2.24) is 19.9 Å². The minimum Gasteiger partial charge on any atom is -0.493 e. The SMILES string of the molecule is COc1ccccc1Oc1c(NOC(=O)Sc2ccc(C(C)(C)CO)cc2)nc(-c2ncccn2)nc1OCC(O)(O)O. The molecule has 0 saturated carbocycles. The zero-order valence-electron chi connectivity index (χ0n) is 23.3. The van der Waals surface area contributed by atoms with Gasteiger partial charge < -0.3 is 39.5 Å². The van der Waals surface area contributed by atoms with Gasteiger partial charge in [-0.05, 0) is 47.7 Å². The van der Waals surface area contributed by atoms with Crippen LogP contribution in [0.15, 0.2) is 71.9 Å². The van der Waals surface area contributed by atoms with Crippen molar-refractivity contribution in [3.63, 3.8) is 0 Å². The predicted octanol–water partition coefficient (Wildman–Crippen LogP) is 3.27. The lowest BCUT2D eigenvalue weighted by Gasteiger charge is -2.22. The molecule has 0 fully saturated rings. The van der Waals surface area contributed by atoms with Crippen molar-refractivity contribution < 1.29 is 44.3 Å². The Hall–Kier alpha value is -4.54. The number of para-hydroxylation sites is 2. The number of carbonyl (C=O) groups excluding carboxylic acids is 1. The molecule has 226 valence electrons. The molecule has 5 N–H and O–H groups in total. The van der Waals surface area contributed by atoms with Gasteiger partial charge in [0.05, 0.1) is 13.7 Å². The number of anilines is 1. The Labute approximate surface area is 250 Å². The van der Waals surface area contributed by atoms with E-state index in [1.165, 1.54) is 19.5 Å². The minimum absolute atomic E-state index is 0.0404. The Bertz CT molecular complexity index is 1530. The van der Waals surface area contributed by atoms with Crippen molar-refractivity contribution in [3.8, 4) is 34.8 Å². The molecule has 0 unspecified atom stereocenters. The standard InChI is InChI=1S/C28H29N5O9S/c1-27(2,15-34)17-9-11-18(12-10-17)43-26(35)42-33-22-21(41-20-8-5-4-7-19(20)39-3)25(40-16-28(36,37)38)32-24(31-22)23-29-13-6-14-30-23/h4-14,34,36-38H,15-16H2,1-3H3,(H,31,32,33). The van der Waals surface area contributed by atoms with Crippen molar-refractivity contribution in [3.05, 3.63) is 72.6 Å². The van der Waals surface area contributed by atoms with E-state index in [1.54, 1.807) is 42.5 Å². The summed E-state index contributed by atoms with van der Waals surface area (Å²) >= 11 is 0.779. The smallest absolute Gasteiger partial charge is 0.396 e.